The first-order valence-corrected chi connectivity index (χ1v) is 16.3. The lowest BCUT2D eigenvalue weighted by atomic mass is 9.81. The highest BCUT2D eigenvalue weighted by Gasteiger charge is 2.29. The fourth-order valence-electron chi connectivity index (χ4n) is 6.12. The molecule has 1 saturated carbocycles. The molecule has 1 aliphatic heterocycles. The van der Waals surface area contributed by atoms with Gasteiger partial charge in [-0.05, 0) is 51.3 Å². The van der Waals surface area contributed by atoms with Crippen LogP contribution in [0.4, 0.5) is 27.9 Å². The van der Waals surface area contributed by atoms with Crippen LogP contribution in [-0.2, 0) is 14.3 Å². The van der Waals surface area contributed by atoms with E-state index in [2.05, 4.69) is 25.6 Å². The Bertz CT molecular complexity index is 1530. The summed E-state index contributed by atoms with van der Waals surface area (Å²) in [4.78, 5) is 59.4. The molecule has 2 amide bonds. The summed E-state index contributed by atoms with van der Waals surface area (Å²) in [5.41, 5.74) is 1.22. The molecule has 4 heterocycles. The summed E-state index contributed by atoms with van der Waals surface area (Å²) in [5.74, 6) is 0.855. The number of amides is 2. The standard InChI is InChI=1S/C34H44N8O5/c1-34(2,3)47-31(43)19-25(17-23-7-5-4-6-8-23)32(44)38-26-20-27(39-28(21-26)40-29-22-35-11-12-36-29)24-9-10-37-30(18-24)41-13-15-42(16-14-41)33(45)46/h9-12,18,20-23,25H,4-8,13-17,19H2,1-3H3,(H,45,46)(H2,36,38,39,40,44)/t25-/m1/s1. The van der Waals surface area contributed by atoms with Crippen molar-refractivity contribution in [2.24, 2.45) is 11.8 Å². The lowest BCUT2D eigenvalue weighted by molar-refractivity contribution is -0.157. The summed E-state index contributed by atoms with van der Waals surface area (Å²) in [7, 11) is 0. The first kappa shape index (κ1) is 33.6. The summed E-state index contributed by atoms with van der Waals surface area (Å²) >= 11 is 0. The minimum absolute atomic E-state index is 0.00507. The number of nitrogens with zero attached hydrogens (tertiary/aromatic N) is 6. The van der Waals surface area contributed by atoms with E-state index >= 15 is 0 Å². The topological polar surface area (TPSA) is 163 Å². The predicted octanol–water partition coefficient (Wildman–Crippen LogP) is 5.73. The average Bonchev–Trinajstić information content (AvgIpc) is 3.04. The van der Waals surface area contributed by atoms with Crippen molar-refractivity contribution in [1.82, 2.24) is 24.8 Å². The van der Waals surface area contributed by atoms with Gasteiger partial charge in [0.25, 0.3) is 0 Å². The normalized spacial score (nSPS) is 16.3. The van der Waals surface area contributed by atoms with E-state index in [0.29, 0.717) is 67.4 Å². The van der Waals surface area contributed by atoms with Crippen molar-refractivity contribution < 1.29 is 24.2 Å². The molecule has 13 heteroatoms. The molecule has 1 atom stereocenters. The molecule has 2 aliphatic rings. The molecular weight excluding hydrogens is 600 g/mol. The number of aromatic nitrogens is 4. The van der Waals surface area contributed by atoms with Crippen LogP contribution in [0.2, 0.25) is 0 Å². The molecule has 0 radical (unpaired) electrons. The quantitative estimate of drug-likeness (QED) is 0.231. The first-order chi connectivity index (χ1) is 22.5. The van der Waals surface area contributed by atoms with Gasteiger partial charge in [0.1, 0.15) is 23.1 Å². The second kappa shape index (κ2) is 15.2. The van der Waals surface area contributed by atoms with Crippen LogP contribution < -0.4 is 15.5 Å². The number of hydrogen-bond acceptors (Lipinski definition) is 10. The van der Waals surface area contributed by atoms with Gasteiger partial charge in [-0.3, -0.25) is 14.6 Å². The SMILES string of the molecule is CC(C)(C)OC(=O)C[C@@H](CC1CCCCC1)C(=O)Nc1cc(Nc2cnccn2)nc(-c2ccnc(N3CCN(C(=O)O)CC3)c2)c1. The third kappa shape index (κ3) is 9.84. The number of esters is 1. The number of carbonyl (C=O) groups is 3. The molecule has 250 valence electrons. The van der Waals surface area contributed by atoms with Crippen molar-refractivity contribution in [2.45, 2.75) is 71.3 Å². The number of anilines is 4. The maximum Gasteiger partial charge on any atom is 0.407 e. The molecule has 0 bridgehead atoms. The maximum atomic E-state index is 13.9. The van der Waals surface area contributed by atoms with Crippen LogP contribution in [0.15, 0.2) is 49.1 Å². The Morgan fingerprint density at radius 2 is 1.74 bits per heavy atom. The second-order valence-corrected chi connectivity index (χ2v) is 13.2. The van der Waals surface area contributed by atoms with Gasteiger partial charge in [0, 0.05) is 68.0 Å². The molecule has 3 aromatic rings. The molecule has 5 rings (SSSR count). The van der Waals surface area contributed by atoms with E-state index in [1.807, 2.05) is 37.8 Å². The summed E-state index contributed by atoms with van der Waals surface area (Å²) < 4.78 is 5.61. The van der Waals surface area contributed by atoms with Gasteiger partial charge >= 0.3 is 12.1 Å². The number of hydrogen-bond donors (Lipinski definition) is 3. The monoisotopic (exact) mass is 644 g/mol. The van der Waals surface area contributed by atoms with Crippen LogP contribution in [-0.4, -0.2) is 79.7 Å². The van der Waals surface area contributed by atoms with Crippen LogP contribution in [0.1, 0.15) is 65.7 Å². The molecule has 47 heavy (non-hydrogen) atoms. The Morgan fingerprint density at radius 1 is 0.979 bits per heavy atom. The van der Waals surface area contributed by atoms with Gasteiger partial charge in [0.05, 0.1) is 18.3 Å². The number of pyridine rings is 2. The molecule has 2 fully saturated rings. The van der Waals surface area contributed by atoms with Crippen molar-refractivity contribution in [1.29, 1.82) is 0 Å². The fraction of sp³-hybridized carbons (Fsp3) is 0.500. The van der Waals surface area contributed by atoms with E-state index in [4.69, 9.17) is 9.72 Å². The smallest absolute Gasteiger partial charge is 0.407 e. The largest absolute Gasteiger partial charge is 0.465 e. The number of carboxylic acid groups (broad SMARTS) is 1. The zero-order valence-electron chi connectivity index (χ0n) is 27.3. The molecule has 3 N–H and O–H groups in total. The molecule has 0 spiro atoms. The number of ether oxygens (including phenoxy) is 1. The third-order valence-corrected chi connectivity index (χ3v) is 8.37. The highest BCUT2D eigenvalue weighted by atomic mass is 16.6. The van der Waals surface area contributed by atoms with Gasteiger partial charge in [-0.1, -0.05) is 32.1 Å². The van der Waals surface area contributed by atoms with Gasteiger partial charge in [-0.15, -0.1) is 0 Å². The Morgan fingerprint density at radius 3 is 2.43 bits per heavy atom. The summed E-state index contributed by atoms with van der Waals surface area (Å²) in [6, 6.07) is 7.27. The van der Waals surface area contributed by atoms with E-state index in [-0.39, 0.29) is 18.3 Å². The second-order valence-electron chi connectivity index (χ2n) is 13.2. The molecule has 1 aliphatic carbocycles. The number of carbonyl (C=O) groups excluding carboxylic acids is 2. The molecule has 1 saturated heterocycles. The Labute approximate surface area is 275 Å². The Kier molecular flexibility index (Phi) is 10.8. The molecular formula is C34H44N8O5. The Hall–Kier alpha value is -4.81. The fourth-order valence-corrected chi connectivity index (χ4v) is 6.12. The maximum absolute atomic E-state index is 13.9. The number of nitrogens with one attached hydrogen (secondary N) is 2. The van der Waals surface area contributed by atoms with Crippen LogP contribution in [0.5, 0.6) is 0 Å². The molecule has 3 aromatic heterocycles. The average molecular weight is 645 g/mol. The summed E-state index contributed by atoms with van der Waals surface area (Å²) in [6.45, 7) is 7.29. The zero-order chi connectivity index (χ0) is 33.4. The van der Waals surface area contributed by atoms with E-state index in [0.717, 1.165) is 31.2 Å². The molecule has 0 unspecified atom stereocenters. The number of rotatable bonds is 10. The summed E-state index contributed by atoms with van der Waals surface area (Å²) in [6.07, 6.45) is 11.7. The number of piperazine rings is 1. The van der Waals surface area contributed by atoms with Gasteiger partial charge in [-0.25, -0.2) is 19.7 Å². The van der Waals surface area contributed by atoms with Gasteiger partial charge in [0.15, 0.2) is 0 Å². The minimum atomic E-state index is -0.926. The minimum Gasteiger partial charge on any atom is -0.465 e. The van der Waals surface area contributed by atoms with Gasteiger partial charge in [-0.2, -0.15) is 0 Å². The first-order valence-electron chi connectivity index (χ1n) is 16.3. The van der Waals surface area contributed by atoms with Crippen molar-refractivity contribution in [3.05, 3.63) is 49.1 Å². The third-order valence-electron chi connectivity index (χ3n) is 8.37. The van der Waals surface area contributed by atoms with Crippen LogP contribution in [0.3, 0.4) is 0 Å². The predicted molar refractivity (Wildman–Crippen MR) is 178 cm³/mol. The van der Waals surface area contributed by atoms with E-state index < -0.39 is 17.6 Å². The van der Waals surface area contributed by atoms with Crippen molar-refractivity contribution >= 4 is 41.1 Å². The van der Waals surface area contributed by atoms with Crippen LogP contribution >= 0.6 is 0 Å². The lowest BCUT2D eigenvalue weighted by Gasteiger charge is -2.33. The van der Waals surface area contributed by atoms with Crippen LogP contribution in [0, 0.1) is 11.8 Å². The van der Waals surface area contributed by atoms with E-state index in [9.17, 15) is 19.5 Å². The van der Waals surface area contributed by atoms with E-state index in [1.165, 1.54) is 11.3 Å². The van der Waals surface area contributed by atoms with Crippen molar-refractivity contribution in [2.75, 3.05) is 41.7 Å². The van der Waals surface area contributed by atoms with Crippen LogP contribution in [0.25, 0.3) is 11.3 Å². The van der Waals surface area contributed by atoms with Crippen molar-refractivity contribution in [3.8, 4) is 11.3 Å². The summed E-state index contributed by atoms with van der Waals surface area (Å²) in [5, 5.41) is 15.6. The molecule has 13 nitrogen and oxygen atoms in total. The zero-order valence-corrected chi connectivity index (χ0v) is 27.3. The highest BCUT2D eigenvalue weighted by Crippen LogP contribution is 2.32. The van der Waals surface area contributed by atoms with Gasteiger partial charge < -0.3 is 30.3 Å². The highest BCUT2D eigenvalue weighted by molar-refractivity contribution is 5.95. The van der Waals surface area contributed by atoms with Gasteiger partial charge in [0.2, 0.25) is 5.91 Å². The Balaban J connectivity index is 1.41. The lowest BCUT2D eigenvalue weighted by Crippen LogP contribution is -2.48. The van der Waals surface area contributed by atoms with Crippen molar-refractivity contribution in [3.63, 3.8) is 0 Å². The van der Waals surface area contributed by atoms with E-state index in [1.54, 1.807) is 36.9 Å². The molecule has 0 aromatic carbocycles.